The van der Waals surface area contributed by atoms with Gasteiger partial charge in [0.1, 0.15) is 11.5 Å². The van der Waals surface area contributed by atoms with E-state index in [1.165, 1.54) is 0 Å². The topological polar surface area (TPSA) is 64.7 Å². The number of nitrogens with two attached hydrogens (primary N) is 1. The molecular formula is C14H22N2O2. The minimum absolute atomic E-state index is 0.00699. The lowest BCUT2D eigenvalue weighted by atomic mass is 9.67. The minimum Gasteiger partial charge on any atom is -0.391 e. The van der Waals surface area contributed by atoms with Gasteiger partial charge >= 0.3 is 0 Å². The fourth-order valence-electron chi connectivity index (χ4n) is 2.66. The summed E-state index contributed by atoms with van der Waals surface area (Å²) >= 11 is 0. The highest BCUT2D eigenvalue weighted by Crippen LogP contribution is 2.41. The molecule has 100 valence electrons. The van der Waals surface area contributed by atoms with Crippen LogP contribution in [0.5, 0.6) is 0 Å². The Morgan fingerprint density at radius 1 is 1.61 bits per heavy atom. The van der Waals surface area contributed by atoms with Crippen molar-refractivity contribution < 1.29 is 9.63 Å². The fourth-order valence-corrected chi connectivity index (χ4v) is 2.66. The average Bonchev–Trinajstić information content (AvgIpc) is 2.63. The summed E-state index contributed by atoms with van der Waals surface area (Å²) in [7, 11) is 0. The second-order valence-electron chi connectivity index (χ2n) is 4.58. The lowest BCUT2D eigenvalue weighted by Gasteiger charge is -2.34. The molecule has 0 aliphatic carbocycles. The lowest BCUT2D eigenvalue weighted by Crippen LogP contribution is -2.52. The van der Waals surface area contributed by atoms with Gasteiger partial charge in [-0.1, -0.05) is 36.4 Å². The summed E-state index contributed by atoms with van der Waals surface area (Å²) in [5.41, 5.74) is 5.48. The van der Waals surface area contributed by atoms with Gasteiger partial charge < -0.3 is 10.6 Å². The molecule has 1 aliphatic heterocycles. The zero-order valence-electron chi connectivity index (χ0n) is 11.5. The first kappa shape index (κ1) is 14.5. The van der Waals surface area contributed by atoms with Gasteiger partial charge in [0, 0.05) is 5.92 Å². The molecular weight excluding hydrogens is 228 g/mol. The Bertz CT molecular complexity index is 399. The van der Waals surface area contributed by atoms with Crippen LogP contribution < -0.4 is 5.73 Å². The van der Waals surface area contributed by atoms with Crippen molar-refractivity contribution in [2.24, 2.45) is 22.2 Å². The van der Waals surface area contributed by atoms with E-state index in [9.17, 15) is 4.79 Å². The van der Waals surface area contributed by atoms with Gasteiger partial charge in [-0.2, -0.15) is 0 Å². The molecule has 0 spiro atoms. The first-order chi connectivity index (χ1) is 8.51. The maximum Gasteiger partial charge on any atom is 0.233 e. The molecule has 0 fully saturated rings. The third-order valence-corrected chi connectivity index (χ3v) is 3.67. The van der Waals surface area contributed by atoms with E-state index >= 15 is 0 Å². The first-order valence-electron chi connectivity index (χ1n) is 6.32. The Labute approximate surface area is 109 Å². The predicted octanol–water partition coefficient (Wildman–Crippen LogP) is 2.41. The van der Waals surface area contributed by atoms with Gasteiger partial charge in [0.15, 0.2) is 0 Å². The summed E-state index contributed by atoms with van der Waals surface area (Å²) in [6.07, 6.45) is 8.30. The number of oxime groups is 1. The third kappa shape index (κ3) is 2.19. The predicted molar refractivity (Wildman–Crippen MR) is 73.0 cm³/mol. The number of hydrogen-bond donors (Lipinski definition) is 1. The molecule has 3 atom stereocenters. The lowest BCUT2D eigenvalue weighted by molar-refractivity contribution is -0.131. The molecule has 4 heteroatoms. The van der Waals surface area contributed by atoms with Gasteiger partial charge in [0.05, 0.1) is 5.71 Å². The number of allylic oxidation sites excluding steroid dienone is 4. The molecule has 1 heterocycles. The molecule has 3 unspecified atom stereocenters. The quantitative estimate of drug-likeness (QED) is 0.761. The molecule has 4 nitrogen and oxygen atoms in total. The smallest absolute Gasteiger partial charge is 0.233 e. The van der Waals surface area contributed by atoms with Crippen molar-refractivity contribution in [2.75, 3.05) is 0 Å². The maximum absolute atomic E-state index is 12.0. The van der Waals surface area contributed by atoms with Crippen LogP contribution in [-0.2, 0) is 9.63 Å². The summed E-state index contributed by atoms with van der Waals surface area (Å²) in [5, 5.41) is 3.95. The summed E-state index contributed by atoms with van der Waals surface area (Å²) in [6.45, 7) is 7.63. The van der Waals surface area contributed by atoms with E-state index in [2.05, 4.69) is 5.16 Å². The maximum atomic E-state index is 12.0. The van der Waals surface area contributed by atoms with E-state index < -0.39 is 5.41 Å². The van der Waals surface area contributed by atoms with E-state index in [-0.39, 0.29) is 17.9 Å². The molecule has 0 radical (unpaired) electrons. The van der Waals surface area contributed by atoms with Crippen molar-refractivity contribution in [3.8, 4) is 0 Å². The SMILES string of the molecule is C/C=C/C=C/C(CC)C1(C(N)=O)C(C)=NOC1C. The van der Waals surface area contributed by atoms with Gasteiger partial charge in [-0.15, -0.1) is 0 Å². The van der Waals surface area contributed by atoms with Crippen LogP contribution in [0.3, 0.4) is 0 Å². The van der Waals surface area contributed by atoms with Crippen LogP contribution in [-0.4, -0.2) is 17.7 Å². The first-order valence-corrected chi connectivity index (χ1v) is 6.32. The summed E-state index contributed by atoms with van der Waals surface area (Å²) < 4.78 is 0. The van der Waals surface area contributed by atoms with E-state index in [0.717, 1.165) is 6.42 Å². The van der Waals surface area contributed by atoms with Crippen molar-refractivity contribution >= 4 is 11.6 Å². The molecule has 0 saturated heterocycles. The van der Waals surface area contributed by atoms with E-state index in [0.29, 0.717) is 5.71 Å². The minimum atomic E-state index is -0.827. The molecule has 1 aliphatic rings. The monoisotopic (exact) mass is 250 g/mol. The molecule has 2 N–H and O–H groups in total. The zero-order valence-corrected chi connectivity index (χ0v) is 11.5. The second kappa shape index (κ2) is 5.85. The van der Waals surface area contributed by atoms with Crippen LogP contribution in [0.15, 0.2) is 29.5 Å². The molecule has 0 aromatic heterocycles. The van der Waals surface area contributed by atoms with Crippen molar-refractivity contribution in [1.82, 2.24) is 0 Å². The molecule has 1 rings (SSSR count). The van der Waals surface area contributed by atoms with Gasteiger partial charge in [-0.25, -0.2) is 0 Å². The van der Waals surface area contributed by atoms with E-state index in [1.54, 1.807) is 6.92 Å². The second-order valence-corrected chi connectivity index (χ2v) is 4.58. The molecule has 0 aromatic carbocycles. The summed E-state index contributed by atoms with van der Waals surface area (Å²) in [4.78, 5) is 17.3. The van der Waals surface area contributed by atoms with Crippen LogP contribution in [0, 0.1) is 11.3 Å². The van der Waals surface area contributed by atoms with Crippen molar-refractivity contribution in [2.45, 2.75) is 40.2 Å². The largest absolute Gasteiger partial charge is 0.391 e. The number of hydrogen-bond acceptors (Lipinski definition) is 3. The van der Waals surface area contributed by atoms with Gasteiger partial charge in [0.25, 0.3) is 0 Å². The van der Waals surface area contributed by atoms with Gasteiger partial charge in [-0.05, 0) is 27.2 Å². The van der Waals surface area contributed by atoms with Gasteiger partial charge in [-0.3, -0.25) is 4.79 Å². The number of primary amides is 1. The Morgan fingerprint density at radius 3 is 2.67 bits per heavy atom. The van der Waals surface area contributed by atoms with Crippen LogP contribution in [0.4, 0.5) is 0 Å². The fraction of sp³-hybridized carbons (Fsp3) is 0.571. The number of carbonyl (C=O) groups is 1. The van der Waals surface area contributed by atoms with Crippen LogP contribution in [0.2, 0.25) is 0 Å². The highest BCUT2D eigenvalue weighted by atomic mass is 16.6. The zero-order chi connectivity index (χ0) is 13.8. The Balaban J connectivity index is 3.18. The van der Waals surface area contributed by atoms with E-state index in [1.807, 2.05) is 45.1 Å². The molecule has 0 saturated carbocycles. The van der Waals surface area contributed by atoms with Crippen LogP contribution >= 0.6 is 0 Å². The molecule has 1 amide bonds. The normalized spacial score (nSPS) is 29.6. The van der Waals surface area contributed by atoms with Crippen molar-refractivity contribution in [3.05, 3.63) is 24.3 Å². The van der Waals surface area contributed by atoms with Crippen molar-refractivity contribution in [1.29, 1.82) is 0 Å². The highest BCUT2D eigenvalue weighted by molar-refractivity contribution is 6.09. The average molecular weight is 250 g/mol. The number of amides is 1. The number of nitrogens with zero attached hydrogens (tertiary/aromatic N) is 1. The number of rotatable bonds is 5. The van der Waals surface area contributed by atoms with Crippen LogP contribution in [0.1, 0.15) is 34.1 Å². The Kier molecular flexibility index (Phi) is 4.70. The number of carbonyl (C=O) groups excluding carboxylic acids is 1. The molecule has 18 heavy (non-hydrogen) atoms. The van der Waals surface area contributed by atoms with E-state index in [4.69, 9.17) is 10.6 Å². The Hall–Kier alpha value is -1.58. The van der Waals surface area contributed by atoms with Crippen LogP contribution in [0.25, 0.3) is 0 Å². The Morgan fingerprint density at radius 2 is 2.28 bits per heavy atom. The molecule has 0 bridgehead atoms. The third-order valence-electron chi connectivity index (χ3n) is 3.67. The standard InChI is InChI=1S/C14H22N2O2/c1-5-7-8-9-12(6-2)14(13(15)17)10(3)16-18-11(14)4/h5,7-9,11-12H,6H2,1-4H3,(H2,15,17)/b7-5+,9-8+. The van der Waals surface area contributed by atoms with Gasteiger partial charge in [0.2, 0.25) is 5.91 Å². The molecule has 0 aromatic rings. The highest BCUT2D eigenvalue weighted by Gasteiger charge is 2.54. The summed E-state index contributed by atoms with van der Waals surface area (Å²) in [6, 6.07) is 0. The summed E-state index contributed by atoms with van der Waals surface area (Å²) in [5.74, 6) is -0.377. The van der Waals surface area contributed by atoms with Crippen molar-refractivity contribution in [3.63, 3.8) is 0 Å².